The largest absolute Gasteiger partial charge is 0.371 e. The standard InChI is InChI=1S/C19H24N6O/c1-15-19(22-26-21-15)14-23(2)16-7-11-24(12-8-16)17-5-3-6-18(13-17)25-10-4-9-20-25/h3-6,9-10,13,16H,7-8,11-12,14H2,1-2H3. The van der Waals surface area contributed by atoms with E-state index in [2.05, 4.69) is 56.5 Å². The normalized spacial score (nSPS) is 15.7. The van der Waals surface area contributed by atoms with Gasteiger partial charge >= 0.3 is 0 Å². The number of nitrogens with zero attached hydrogens (tertiary/aromatic N) is 6. The Bertz CT molecular complexity index is 835. The second-order valence-corrected chi connectivity index (χ2v) is 6.90. The first kappa shape index (κ1) is 16.8. The van der Waals surface area contributed by atoms with E-state index in [0.29, 0.717) is 6.04 Å². The molecule has 7 nitrogen and oxygen atoms in total. The van der Waals surface area contributed by atoms with Crippen LogP contribution in [-0.2, 0) is 6.54 Å². The molecule has 0 saturated carbocycles. The van der Waals surface area contributed by atoms with Crippen molar-refractivity contribution < 1.29 is 4.63 Å². The number of aromatic nitrogens is 4. The third kappa shape index (κ3) is 3.48. The highest BCUT2D eigenvalue weighted by atomic mass is 16.6. The molecule has 1 aliphatic heterocycles. The van der Waals surface area contributed by atoms with Gasteiger partial charge in [-0.2, -0.15) is 5.10 Å². The van der Waals surface area contributed by atoms with Gasteiger partial charge in [0.1, 0.15) is 11.4 Å². The summed E-state index contributed by atoms with van der Waals surface area (Å²) in [5.74, 6) is 0. The Morgan fingerprint density at radius 1 is 1.15 bits per heavy atom. The molecule has 0 radical (unpaired) electrons. The summed E-state index contributed by atoms with van der Waals surface area (Å²) in [5, 5.41) is 12.2. The van der Waals surface area contributed by atoms with Gasteiger partial charge in [-0.25, -0.2) is 9.31 Å². The summed E-state index contributed by atoms with van der Waals surface area (Å²) in [5.41, 5.74) is 4.17. The van der Waals surface area contributed by atoms with Gasteiger partial charge in [-0.1, -0.05) is 16.4 Å². The van der Waals surface area contributed by atoms with Crippen LogP contribution in [0.1, 0.15) is 24.2 Å². The van der Waals surface area contributed by atoms with Crippen LogP contribution in [0.3, 0.4) is 0 Å². The fourth-order valence-electron chi connectivity index (χ4n) is 3.58. The van der Waals surface area contributed by atoms with Crippen LogP contribution in [0.4, 0.5) is 5.69 Å². The number of aryl methyl sites for hydroxylation is 1. The predicted octanol–water partition coefficient (Wildman–Crippen LogP) is 2.66. The molecule has 1 aromatic carbocycles. The molecule has 0 unspecified atom stereocenters. The molecule has 1 saturated heterocycles. The van der Waals surface area contributed by atoms with Crippen molar-refractivity contribution >= 4 is 5.69 Å². The monoisotopic (exact) mass is 352 g/mol. The molecule has 26 heavy (non-hydrogen) atoms. The maximum Gasteiger partial charge on any atom is 0.122 e. The molecule has 0 atom stereocenters. The van der Waals surface area contributed by atoms with Crippen molar-refractivity contribution in [1.29, 1.82) is 0 Å². The van der Waals surface area contributed by atoms with Crippen LogP contribution < -0.4 is 4.90 Å². The molecule has 4 rings (SSSR count). The SMILES string of the molecule is Cc1nonc1CN(C)C1CCN(c2cccc(-n3cccn3)c2)CC1. The maximum absolute atomic E-state index is 4.81. The minimum absolute atomic E-state index is 0.552. The second kappa shape index (κ2) is 7.29. The van der Waals surface area contributed by atoms with E-state index in [4.69, 9.17) is 4.63 Å². The Hall–Kier alpha value is -2.67. The highest BCUT2D eigenvalue weighted by molar-refractivity contribution is 5.53. The average molecular weight is 352 g/mol. The Morgan fingerprint density at radius 2 is 1.96 bits per heavy atom. The summed E-state index contributed by atoms with van der Waals surface area (Å²) >= 11 is 0. The summed E-state index contributed by atoms with van der Waals surface area (Å²) < 4.78 is 6.71. The van der Waals surface area contributed by atoms with Gasteiger partial charge in [-0.05, 0) is 51.1 Å². The number of anilines is 1. The predicted molar refractivity (Wildman–Crippen MR) is 99.3 cm³/mol. The minimum Gasteiger partial charge on any atom is -0.371 e. The zero-order valence-corrected chi connectivity index (χ0v) is 15.2. The van der Waals surface area contributed by atoms with Gasteiger partial charge in [0.25, 0.3) is 0 Å². The molecule has 0 amide bonds. The lowest BCUT2D eigenvalue weighted by atomic mass is 10.0. The zero-order chi connectivity index (χ0) is 17.9. The van der Waals surface area contributed by atoms with Crippen molar-refractivity contribution in [2.45, 2.75) is 32.4 Å². The second-order valence-electron chi connectivity index (χ2n) is 6.90. The number of piperidine rings is 1. The van der Waals surface area contributed by atoms with Crippen molar-refractivity contribution in [3.63, 3.8) is 0 Å². The Balaban J connectivity index is 1.38. The molecule has 0 spiro atoms. The Morgan fingerprint density at radius 3 is 2.65 bits per heavy atom. The van der Waals surface area contributed by atoms with E-state index >= 15 is 0 Å². The van der Waals surface area contributed by atoms with Gasteiger partial charge in [0, 0.05) is 43.8 Å². The first-order chi connectivity index (χ1) is 12.7. The smallest absolute Gasteiger partial charge is 0.122 e. The van der Waals surface area contributed by atoms with E-state index in [1.165, 1.54) is 5.69 Å². The molecular weight excluding hydrogens is 328 g/mol. The molecule has 1 fully saturated rings. The first-order valence-electron chi connectivity index (χ1n) is 9.04. The van der Waals surface area contributed by atoms with E-state index in [1.54, 1.807) is 6.20 Å². The van der Waals surface area contributed by atoms with Crippen LogP contribution >= 0.6 is 0 Å². The number of rotatable bonds is 5. The fraction of sp³-hybridized carbons (Fsp3) is 0.421. The van der Waals surface area contributed by atoms with Crippen molar-refractivity contribution in [1.82, 2.24) is 25.0 Å². The molecule has 0 N–H and O–H groups in total. The van der Waals surface area contributed by atoms with Crippen LogP contribution in [0.25, 0.3) is 5.69 Å². The minimum atomic E-state index is 0.552. The third-order valence-corrected chi connectivity index (χ3v) is 5.20. The third-order valence-electron chi connectivity index (χ3n) is 5.20. The summed E-state index contributed by atoms with van der Waals surface area (Å²) in [7, 11) is 2.16. The van der Waals surface area contributed by atoms with Gasteiger partial charge in [-0.3, -0.25) is 4.90 Å². The molecule has 0 aliphatic carbocycles. The molecular formula is C19H24N6O. The van der Waals surface area contributed by atoms with Gasteiger partial charge in [0.2, 0.25) is 0 Å². The van der Waals surface area contributed by atoms with Crippen molar-refractivity contribution in [2.75, 3.05) is 25.0 Å². The summed E-state index contributed by atoms with van der Waals surface area (Å²) in [6.45, 7) is 4.82. The fourth-order valence-corrected chi connectivity index (χ4v) is 3.58. The van der Waals surface area contributed by atoms with E-state index in [0.717, 1.165) is 49.6 Å². The molecule has 3 heterocycles. The summed E-state index contributed by atoms with van der Waals surface area (Å²) in [4.78, 5) is 4.82. The van der Waals surface area contributed by atoms with Gasteiger partial charge in [0.05, 0.1) is 5.69 Å². The van der Waals surface area contributed by atoms with E-state index in [-0.39, 0.29) is 0 Å². The van der Waals surface area contributed by atoms with Crippen LogP contribution in [0.15, 0.2) is 47.4 Å². The maximum atomic E-state index is 4.81. The highest BCUT2D eigenvalue weighted by Crippen LogP contribution is 2.24. The zero-order valence-electron chi connectivity index (χ0n) is 15.2. The summed E-state index contributed by atoms with van der Waals surface area (Å²) in [6.07, 6.45) is 6.04. The molecule has 7 heteroatoms. The molecule has 1 aliphatic rings. The van der Waals surface area contributed by atoms with Crippen molar-refractivity contribution in [3.05, 3.63) is 54.1 Å². The van der Waals surface area contributed by atoms with Crippen LogP contribution in [0, 0.1) is 6.92 Å². The van der Waals surface area contributed by atoms with Gasteiger partial charge < -0.3 is 4.90 Å². The molecule has 3 aromatic rings. The summed E-state index contributed by atoms with van der Waals surface area (Å²) in [6, 6.07) is 11.1. The van der Waals surface area contributed by atoms with Crippen molar-refractivity contribution in [3.8, 4) is 5.69 Å². The molecule has 0 bridgehead atoms. The Kier molecular flexibility index (Phi) is 4.71. The molecule has 2 aromatic heterocycles. The lowest BCUT2D eigenvalue weighted by molar-refractivity contribution is 0.194. The van der Waals surface area contributed by atoms with Gasteiger partial charge in [0.15, 0.2) is 0 Å². The van der Waals surface area contributed by atoms with Crippen molar-refractivity contribution in [2.24, 2.45) is 0 Å². The van der Waals surface area contributed by atoms with Crippen LogP contribution in [0.5, 0.6) is 0 Å². The number of hydrogen-bond acceptors (Lipinski definition) is 6. The topological polar surface area (TPSA) is 63.2 Å². The Labute approximate surface area is 153 Å². The van der Waals surface area contributed by atoms with Crippen LogP contribution in [0.2, 0.25) is 0 Å². The molecule has 136 valence electrons. The number of hydrogen-bond donors (Lipinski definition) is 0. The highest BCUT2D eigenvalue weighted by Gasteiger charge is 2.24. The quantitative estimate of drug-likeness (QED) is 0.703. The average Bonchev–Trinajstić information content (AvgIpc) is 3.35. The van der Waals surface area contributed by atoms with E-state index < -0.39 is 0 Å². The van der Waals surface area contributed by atoms with E-state index in [9.17, 15) is 0 Å². The van der Waals surface area contributed by atoms with Crippen LogP contribution in [-0.4, -0.2) is 51.2 Å². The lowest BCUT2D eigenvalue weighted by Crippen LogP contribution is -2.43. The van der Waals surface area contributed by atoms with E-state index in [1.807, 2.05) is 23.9 Å². The number of benzene rings is 1. The van der Waals surface area contributed by atoms with Gasteiger partial charge in [-0.15, -0.1) is 0 Å². The first-order valence-corrected chi connectivity index (χ1v) is 9.04. The lowest BCUT2D eigenvalue weighted by Gasteiger charge is -2.37.